The van der Waals surface area contributed by atoms with Crippen LogP contribution in [0.15, 0.2) is 14.7 Å². The Morgan fingerprint density at radius 2 is 1.90 bits per heavy atom. The average Bonchev–Trinajstić information content (AvgIpc) is 3.01. The first kappa shape index (κ1) is 16.6. The molecule has 0 amide bonds. The van der Waals surface area contributed by atoms with E-state index in [1.54, 1.807) is 23.1 Å². The Morgan fingerprint density at radius 1 is 1.24 bits per heavy atom. The van der Waals surface area contributed by atoms with Crippen LogP contribution in [-0.2, 0) is 6.54 Å². The maximum atomic E-state index is 12.4. The monoisotopic (exact) mass is 341 g/mol. The molecular weight excluding hydrogens is 322 g/mol. The molecule has 0 aromatic carbocycles. The van der Waals surface area contributed by atoms with Crippen molar-refractivity contribution in [3.63, 3.8) is 0 Å². The predicted molar refractivity (Wildman–Crippen MR) is 90.9 cm³/mol. The Labute approximate surface area is 137 Å². The maximum Gasteiger partial charge on any atom is 0.175 e. The van der Waals surface area contributed by atoms with Gasteiger partial charge in [0, 0.05) is 23.5 Å². The van der Waals surface area contributed by atoms with Crippen LogP contribution in [0.2, 0.25) is 0 Å². The Morgan fingerprint density at radius 3 is 2.48 bits per heavy atom. The summed E-state index contributed by atoms with van der Waals surface area (Å²) in [5, 5.41) is 8.22. The van der Waals surface area contributed by atoms with Crippen molar-refractivity contribution in [2.45, 2.75) is 42.9 Å². The summed E-state index contributed by atoms with van der Waals surface area (Å²) in [6, 6.07) is 1.99. The van der Waals surface area contributed by atoms with Crippen molar-refractivity contribution in [2.75, 3.05) is 11.5 Å². The number of hydrogen-bond donors (Lipinski definition) is 0. The highest BCUT2D eigenvalue weighted by Gasteiger charge is 2.16. The molecule has 0 spiro atoms. The van der Waals surface area contributed by atoms with Gasteiger partial charge in [-0.2, -0.15) is 0 Å². The van der Waals surface area contributed by atoms with Crippen LogP contribution in [0.4, 0.5) is 0 Å². The maximum absolute atomic E-state index is 12.4. The number of thioether (sulfide) groups is 2. The summed E-state index contributed by atoms with van der Waals surface area (Å²) in [7, 11) is 0. The number of carbonyl (C=O) groups is 1. The van der Waals surface area contributed by atoms with Gasteiger partial charge in [0.15, 0.2) is 14.5 Å². The number of Topliss-reactive ketones (excluding diaryl/α,β-unsaturated/α-hetero) is 1. The SMILES string of the molecule is CCSc1nnc(SCC(=O)c2cc(C)n(CC)c2C)s1. The van der Waals surface area contributed by atoms with Gasteiger partial charge in [-0.15, -0.1) is 10.2 Å². The van der Waals surface area contributed by atoms with Crippen molar-refractivity contribution in [1.29, 1.82) is 0 Å². The molecule has 4 nitrogen and oxygen atoms in total. The first-order valence-electron chi connectivity index (χ1n) is 6.85. The molecule has 0 atom stereocenters. The van der Waals surface area contributed by atoms with Gasteiger partial charge in [-0.3, -0.25) is 4.79 Å². The zero-order valence-electron chi connectivity index (χ0n) is 12.7. The molecule has 0 aliphatic rings. The topological polar surface area (TPSA) is 47.8 Å². The largest absolute Gasteiger partial charge is 0.349 e. The van der Waals surface area contributed by atoms with Crippen LogP contribution in [0, 0.1) is 13.8 Å². The average molecular weight is 342 g/mol. The summed E-state index contributed by atoms with van der Waals surface area (Å²) in [6.07, 6.45) is 0. The zero-order valence-corrected chi connectivity index (χ0v) is 15.1. The smallest absolute Gasteiger partial charge is 0.175 e. The lowest BCUT2D eigenvalue weighted by Crippen LogP contribution is -2.05. The minimum atomic E-state index is 0.160. The summed E-state index contributed by atoms with van der Waals surface area (Å²) in [5.41, 5.74) is 3.02. The van der Waals surface area contributed by atoms with E-state index in [1.165, 1.54) is 11.8 Å². The van der Waals surface area contributed by atoms with Gasteiger partial charge in [-0.05, 0) is 32.6 Å². The van der Waals surface area contributed by atoms with Crippen LogP contribution < -0.4 is 0 Å². The first-order chi connectivity index (χ1) is 10.1. The molecule has 2 heterocycles. The first-order valence-corrected chi connectivity index (χ1v) is 9.64. The number of nitrogens with zero attached hydrogens (tertiary/aromatic N) is 3. The van der Waals surface area contributed by atoms with Gasteiger partial charge >= 0.3 is 0 Å². The molecule has 7 heteroatoms. The van der Waals surface area contributed by atoms with Crippen molar-refractivity contribution in [3.8, 4) is 0 Å². The summed E-state index contributed by atoms with van der Waals surface area (Å²) >= 11 is 4.71. The molecule has 0 aliphatic heterocycles. The van der Waals surface area contributed by atoms with Gasteiger partial charge in [-0.25, -0.2) is 0 Å². The van der Waals surface area contributed by atoms with E-state index in [-0.39, 0.29) is 5.78 Å². The number of aryl methyl sites for hydroxylation is 1. The molecule has 0 N–H and O–H groups in total. The fourth-order valence-corrected chi connectivity index (χ4v) is 5.01. The summed E-state index contributed by atoms with van der Waals surface area (Å²) in [6.45, 7) is 9.13. The van der Waals surface area contributed by atoms with Gasteiger partial charge in [0.05, 0.1) is 5.75 Å². The van der Waals surface area contributed by atoms with E-state index < -0.39 is 0 Å². The van der Waals surface area contributed by atoms with E-state index in [1.807, 2.05) is 19.9 Å². The number of rotatable bonds is 7. The molecule has 2 aromatic rings. The van der Waals surface area contributed by atoms with Crippen LogP contribution in [0.25, 0.3) is 0 Å². The molecule has 0 radical (unpaired) electrons. The van der Waals surface area contributed by atoms with E-state index in [2.05, 4.69) is 28.6 Å². The Bertz CT molecular complexity index is 633. The third-order valence-corrected chi connectivity index (χ3v) is 6.24. The molecule has 0 bridgehead atoms. The van der Waals surface area contributed by atoms with Crippen molar-refractivity contribution >= 4 is 40.6 Å². The zero-order chi connectivity index (χ0) is 15.4. The van der Waals surface area contributed by atoms with Crippen LogP contribution in [-0.4, -0.2) is 32.1 Å². The van der Waals surface area contributed by atoms with Crippen LogP contribution in [0.1, 0.15) is 35.6 Å². The minimum Gasteiger partial charge on any atom is -0.349 e. The van der Waals surface area contributed by atoms with Crippen LogP contribution in [0.3, 0.4) is 0 Å². The van der Waals surface area contributed by atoms with E-state index in [9.17, 15) is 4.79 Å². The number of aromatic nitrogens is 3. The van der Waals surface area contributed by atoms with Crippen molar-refractivity contribution in [2.24, 2.45) is 0 Å². The lowest BCUT2D eigenvalue weighted by atomic mass is 10.2. The van der Waals surface area contributed by atoms with E-state index in [4.69, 9.17) is 0 Å². The third-order valence-electron chi connectivity index (χ3n) is 3.17. The Kier molecular flexibility index (Phi) is 5.89. The fraction of sp³-hybridized carbons (Fsp3) is 0.500. The second-order valence-electron chi connectivity index (χ2n) is 4.51. The second-order valence-corrected chi connectivity index (χ2v) is 8.22. The normalized spacial score (nSPS) is 11.0. The molecule has 0 saturated heterocycles. The fourth-order valence-electron chi connectivity index (χ4n) is 2.21. The quantitative estimate of drug-likeness (QED) is 0.561. The van der Waals surface area contributed by atoms with Crippen LogP contribution in [0.5, 0.6) is 0 Å². The van der Waals surface area contributed by atoms with Gasteiger partial charge in [-0.1, -0.05) is 41.8 Å². The van der Waals surface area contributed by atoms with E-state index in [0.717, 1.165) is 37.9 Å². The van der Waals surface area contributed by atoms with Gasteiger partial charge < -0.3 is 4.57 Å². The lowest BCUT2D eigenvalue weighted by Gasteiger charge is -2.05. The molecule has 0 fully saturated rings. The van der Waals surface area contributed by atoms with E-state index >= 15 is 0 Å². The Hall–Kier alpha value is -0.790. The highest BCUT2D eigenvalue weighted by molar-refractivity contribution is 8.03. The molecule has 0 unspecified atom stereocenters. The third kappa shape index (κ3) is 3.90. The molecule has 114 valence electrons. The Balaban J connectivity index is 2.01. The van der Waals surface area contributed by atoms with Crippen molar-refractivity contribution in [3.05, 3.63) is 23.0 Å². The minimum absolute atomic E-state index is 0.160. The van der Waals surface area contributed by atoms with Crippen LogP contribution >= 0.6 is 34.9 Å². The highest BCUT2D eigenvalue weighted by Crippen LogP contribution is 2.29. The number of carbonyl (C=O) groups excluding carboxylic acids is 1. The number of ketones is 1. The lowest BCUT2D eigenvalue weighted by molar-refractivity contribution is 0.102. The number of hydrogen-bond acceptors (Lipinski definition) is 6. The summed E-state index contributed by atoms with van der Waals surface area (Å²) in [5.74, 6) is 1.56. The van der Waals surface area contributed by atoms with Gasteiger partial charge in [0.1, 0.15) is 0 Å². The summed E-state index contributed by atoms with van der Waals surface area (Å²) in [4.78, 5) is 12.4. The standard InChI is InChI=1S/C14H19N3OS3/c1-5-17-9(3)7-11(10(17)4)12(18)8-20-14-16-15-13(21-14)19-6-2/h7H,5-6,8H2,1-4H3. The molecule has 2 rings (SSSR count). The van der Waals surface area contributed by atoms with Crippen molar-refractivity contribution in [1.82, 2.24) is 14.8 Å². The summed E-state index contributed by atoms with van der Waals surface area (Å²) < 4.78 is 4.00. The van der Waals surface area contributed by atoms with Crippen molar-refractivity contribution < 1.29 is 4.79 Å². The van der Waals surface area contributed by atoms with Gasteiger partial charge in [0.2, 0.25) is 0 Å². The molecule has 0 aliphatic carbocycles. The predicted octanol–water partition coefficient (Wildman–Crippen LogP) is 4.06. The molecular formula is C14H19N3OS3. The van der Waals surface area contributed by atoms with E-state index in [0.29, 0.717) is 5.75 Å². The highest BCUT2D eigenvalue weighted by atomic mass is 32.2. The van der Waals surface area contributed by atoms with Gasteiger partial charge in [0.25, 0.3) is 0 Å². The molecule has 21 heavy (non-hydrogen) atoms. The molecule has 2 aromatic heterocycles. The second kappa shape index (κ2) is 7.47. The molecule has 0 saturated carbocycles.